The molecule has 31 heavy (non-hydrogen) atoms. The molecule has 2 N–H and O–H groups in total. The molecule has 0 unspecified atom stereocenters. The van der Waals surface area contributed by atoms with Crippen molar-refractivity contribution in [1.82, 2.24) is 5.32 Å². The van der Waals surface area contributed by atoms with Crippen molar-refractivity contribution >= 4 is 23.3 Å². The Morgan fingerprint density at radius 3 is 2.58 bits per heavy atom. The van der Waals surface area contributed by atoms with Gasteiger partial charge in [-0.05, 0) is 60.0 Å². The van der Waals surface area contributed by atoms with E-state index in [1.165, 1.54) is 12.1 Å². The maximum atomic E-state index is 13.7. The minimum absolute atomic E-state index is 0.0798. The monoisotopic (exact) mass is 419 g/mol. The Hall–Kier alpha value is -3.87. The molecule has 3 aromatic carbocycles. The number of fused-ring (bicyclic) bond motifs is 1. The molecule has 0 aliphatic carbocycles. The van der Waals surface area contributed by atoms with Gasteiger partial charge in [-0.2, -0.15) is 0 Å². The van der Waals surface area contributed by atoms with Gasteiger partial charge in [0.25, 0.3) is 5.91 Å². The Balaban J connectivity index is 1.43. The van der Waals surface area contributed by atoms with E-state index in [0.717, 1.165) is 23.2 Å². The first kappa shape index (κ1) is 20.4. The maximum absolute atomic E-state index is 13.7. The van der Waals surface area contributed by atoms with Gasteiger partial charge in [-0.15, -0.1) is 0 Å². The van der Waals surface area contributed by atoms with Crippen LogP contribution in [-0.2, 0) is 13.0 Å². The number of nitrogens with zero attached hydrogens (tertiary/aromatic N) is 1. The van der Waals surface area contributed by atoms with E-state index in [2.05, 4.69) is 10.6 Å². The van der Waals surface area contributed by atoms with Gasteiger partial charge in [0.1, 0.15) is 11.6 Å². The Bertz CT molecular complexity index is 1120. The quantitative estimate of drug-likeness (QED) is 0.646. The zero-order chi connectivity index (χ0) is 21.8. The summed E-state index contributed by atoms with van der Waals surface area (Å²) < 4.78 is 18.8. The van der Waals surface area contributed by atoms with Gasteiger partial charge in [0.15, 0.2) is 0 Å². The smallest absolute Gasteiger partial charge is 0.319 e. The van der Waals surface area contributed by atoms with Crippen LogP contribution in [0.2, 0.25) is 0 Å². The molecule has 3 amide bonds. The second-order valence-corrected chi connectivity index (χ2v) is 7.19. The summed E-state index contributed by atoms with van der Waals surface area (Å²) in [5.74, 6) is 0.118. The molecule has 158 valence electrons. The normalized spacial score (nSPS) is 12.3. The second kappa shape index (κ2) is 8.87. The van der Waals surface area contributed by atoms with Crippen LogP contribution in [0, 0.1) is 5.82 Å². The van der Waals surface area contributed by atoms with Crippen molar-refractivity contribution in [3.63, 3.8) is 0 Å². The Morgan fingerprint density at radius 1 is 1.06 bits per heavy atom. The summed E-state index contributed by atoms with van der Waals surface area (Å²) in [6.07, 6.45) is 0.776. The van der Waals surface area contributed by atoms with Crippen LogP contribution in [0.25, 0.3) is 0 Å². The Kier molecular flexibility index (Phi) is 5.84. The van der Waals surface area contributed by atoms with Gasteiger partial charge in [-0.1, -0.05) is 24.3 Å². The van der Waals surface area contributed by atoms with Crippen LogP contribution in [0.1, 0.15) is 21.5 Å². The third kappa shape index (κ3) is 4.50. The number of para-hydroxylation sites is 1. The van der Waals surface area contributed by atoms with Crippen LogP contribution in [0.3, 0.4) is 0 Å². The molecule has 0 saturated heterocycles. The van der Waals surface area contributed by atoms with E-state index in [9.17, 15) is 14.0 Å². The topological polar surface area (TPSA) is 70.7 Å². The first-order valence-corrected chi connectivity index (χ1v) is 9.92. The fraction of sp³-hybridized carbons (Fsp3) is 0.167. The predicted molar refractivity (Wildman–Crippen MR) is 117 cm³/mol. The fourth-order valence-corrected chi connectivity index (χ4v) is 3.55. The summed E-state index contributed by atoms with van der Waals surface area (Å²) >= 11 is 0. The maximum Gasteiger partial charge on any atom is 0.319 e. The van der Waals surface area contributed by atoms with Crippen molar-refractivity contribution in [2.24, 2.45) is 0 Å². The van der Waals surface area contributed by atoms with Crippen molar-refractivity contribution in [2.45, 2.75) is 13.0 Å². The van der Waals surface area contributed by atoms with E-state index >= 15 is 0 Å². The van der Waals surface area contributed by atoms with Crippen LogP contribution in [-0.4, -0.2) is 25.6 Å². The molecule has 1 heterocycles. The number of carbonyl (C=O) groups is 2. The van der Waals surface area contributed by atoms with Gasteiger partial charge in [0, 0.05) is 24.3 Å². The van der Waals surface area contributed by atoms with Crippen LogP contribution in [0.15, 0.2) is 66.7 Å². The van der Waals surface area contributed by atoms with Crippen molar-refractivity contribution < 1.29 is 18.7 Å². The van der Waals surface area contributed by atoms with E-state index in [0.29, 0.717) is 17.9 Å². The number of amides is 3. The van der Waals surface area contributed by atoms with Gasteiger partial charge < -0.3 is 20.3 Å². The number of urea groups is 1. The number of rotatable bonds is 5. The number of nitrogens with one attached hydrogen (secondary N) is 2. The zero-order valence-corrected chi connectivity index (χ0v) is 17.0. The van der Waals surface area contributed by atoms with E-state index in [4.69, 9.17) is 4.74 Å². The molecular formula is C24H22FN3O3. The largest absolute Gasteiger partial charge is 0.497 e. The molecule has 7 heteroatoms. The Morgan fingerprint density at radius 2 is 1.84 bits per heavy atom. The van der Waals surface area contributed by atoms with E-state index in [1.54, 1.807) is 48.4 Å². The van der Waals surface area contributed by atoms with Gasteiger partial charge >= 0.3 is 6.03 Å². The average Bonchev–Trinajstić information content (AvgIpc) is 3.22. The summed E-state index contributed by atoms with van der Waals surface area (Å²) in [5, 5.41) is 5.21. The number of benzene rings is 3. The number of hydrogen-bond donors (Lipinski definition) is 2. The number of methoxy groups -OCH3 is 1. The standard InChI is InChI=1S/C24H22FN3O3/c1-31-19-10-8-18(9-11-19)23(29)28-13-12-17-7-6-16(14-22(17)28)15-26-24(30)27-21-5-3-2-4-20(21)25/h2-11,14H,12-13,15H2,1H3,(H2,26,27,30). The SMILES string of the molecule is COc1ccc(C(=O)N2CCc3ccc(CNC(=O)Nc4ccccc4F)cc32)cc1. The highest BCUT2D eigenvalue weighted by molar-refractivity contribution is 6.07. The minimum Gasteiger partial charge on any atom is -0.497 e. The summed E-state index contributed by atoms with van der Waals surface area (Å²) in [5.41, 5.74) is 3.47. The number of halogens is 1. The zero-order valence-electron chi connectivity index (χ0n) is 17.0. The summed E-state index contributed by atoms with van der Waals surface area (Å²) in [4.78, 5) is 26.9. The van der Waals surface area contributed by atoms with Gasteiger partial charge in [0.05, 0.1) is 12.8 Å². The van der Waals surface area contributed by atoms with E-state index < -0.39 is 11.8 Å². The lowest BCUT2D eigenvalue weighted by atomic mass is 10.1. The minimum atomic E-state index is -0.503. The van der Waals surface area contributed by atoms with E-state index in [1.807, 2.05) is 18.2 Å². The first-order chi connectivity index (χ1) is 15.0. The summed E-state index contributed by atoms with van der Waals surface area (Å²) in [6.45, 7) is 0.850. The summed E-state index contributed by atoms with van der Waals surface area (Å²) in [7, 11) is 1.58. The molecule has 0 aromatic heterocycles. The fourth-order valence-electron chi connectivity index (χ4n) is 3.55. The number of anilines is 2. The van der Waals surface area contributed by atoms with Gasteiger partial charge in [0.2, 0.25) is 0 Å². The van der Waals surface area contributed by atoms with Crippen LogP contribution in [0.5, 0.6) is 5.75 Å². The molecule has 1 aliphatic heterocycles. The molecule has 1 aliphatic rings. The summed E-state index contributed by atoms with van der Waals surface area (Å²) in [6, 6.07) is 18.3. The lowest BCUT2D eigenvalue weighted by Crippen LogP contribution is -2.30. The predicted octanol–water partition coefficient (Wildman–Crippen LogP) is 4.36. The highest BCUT2D eigenvalue weighted by Crippen LogP contribution is 2.30. The van der Waals surface area contributed by atoms with Crippen molar-refractivity contribution in [2.75, 3.05) is 23.9 Å². The molecule has 0 saturated carbocycles. The van der Waals surface area contributed by atoms with Crippen molar-refractivity contribution in [3.05, 3.63) is 89.2 Å². The van der Waals surface area contributed by atoms with Crippen LogP contribution in [0.4, 0.5) is 20.6 Å². The van der Waals surface area contributed by atoms with Crippen LogP contribution < -0.4 is 20.3 Å². The molecule has 0 bridgehead atoms. The number of ether oxygens (including phenoxy) is 1. The molecule has 4 rings (SSSR count). The third-order valence-corrected chi connectivity index (χ3v) is 5.20. The lowest BCUT2D eigenvalue weighted by molar-refractivity contribution is 0.0989. The second-order valence-electron chi connectivity index (χ2n) is 7.19. The lowest BCUT2D eigenvalue weighted by Gasteiger charge is -2.18. The van der Waals surface area contributed by atoms with E-state index in [-0.39, 0.29) is 18.1 Å². The molecule has 0 radical (unpaired) electrons. The average molecular weight is 419 g/mol. The molecular weight excluding hydrogens is 397 g/mol. The molecule has 0 spiro atoms. The molecule has 3 aromatic rings. The van der Waals surface area contributed by atoms with Crippen molar-refractivity contribution in [1.29, 1.82) is 0 Å². The van der Waals surface area contributed by atoms with Gasteiger partial charge in [-0.25, -0.2) is 9.18 Å². The number of carbonyl (C=O) groups excluding carboxylic acids is 2. The number of hydrogen-bond acceptors (Lipinski definition) is 3. The molecule has 0 fully saturated rings. The van der Waals surface area contributed by atoms with Crippen molar-refractivity contribution in [3.8, 4) is 5.75 Å². The molecule has 0 atom stereocenters. The highest BCUT2D eigenvalue weighted by atomic mass is 19.1. The van der Waals surface area contributed by atoms with Crippen LogP contribution >= 0.6 is 0 Å². The van der Waals surface area contributed by atoms with Gasteiger partial charge in [-0.3, -0.25) is 4.79 Å². The highest BCUT2D eigenvalue weighted by Gasteiger charge is 2.26. The molecule has 6 nitrogen and oxygen atoms in total. The first-order valence-electron chi connectivity index (χ1n) is 9.92. The third-order valence-electron chi connectivity index (χ3n) is 5.20. The Labute approximate surface area is 179 Å².